The number of ether oxygens (including phenoxy) is 1. The normalized spacial score (nSPS) is 22.9. The monoisotopic (exact) mass is 487 g/mol. The predicted octanol–water partition coefficient (Wildman–Crippen LogP) is 4.54. The average molecular weight is 487 g/mol. The highest BCUT2D eigenvalue weighted by molar-refractivity contribution is 7.44. The van der Waals surface area contributed by atoms with Crippen molar-refractivity contribution in [2.75, 3.05) is 33.0 Å². The van der Waals surface area contributed by atoms with Gasteiger partial charge in [-0.1, -0.05) is 6.92 Å². The molecule has 1 saturated heterocycles. The van der Waals surface area contributed by atoms with Gasteiger partial charge in [0.25, 0.3) is 8.53 Å². The standard InChI is InChI=1S/C20H36BN3O6P2/c1-7-18-19(15-20(21)29-18)30-32(27-12-10-23-6)28-14-13-26-31(25-11-8-9-22)24(16(2)3)17(4)5/h16-20H,7-8,10-15H2,1-5H3/t18-,19?,20-,31?,32?/m1/s1. The maximum absolute atomic E-state index is 8.81. The van der Waals surface area contributed by atoms with Crippen LogP contribution in [0, 0.1) is 17.9 Å². The van der Waals surface area contributed by atoms with Gasteiger partial charge < -0.3 is 32.2 Å². The Hall–Kier alpha value is -0.375. The van der Waals surface area contributed by atoms with Crippen LogP contribution in [0.2, 0.25) is 0 Å². The third-order valence-electron chi connectivity index (χ3n) is 4.40. The van der Waals surface area contributed by atoms with E-state index in [2.05, 4.69) is 43.3 Å². The van der Waals surface area contributed by atoms with Crippen molar-refractivity contribution in [2.24, 2.45) is 0 Å². The molecule has 5 atom stereocenters. The lowest BCUT2D eigenvalue weighted by Crippen LogP contribution is -2.34. The van der Waals surface area contributed by atoms with Gasteiger partial charge in [-0.3, -0.25) is 0 Å². The Balaban J connectivity index is 2.62. The molecule has 1 aliphatic heterocycles. The summed E-state index contributed by atoms with van der Waals surface area (Å²) in [5.41, 5.74) is 0. The predicted molar refractivity (Wildman–Crippen MR) is 126 cm³/mol. The van der Waals surface area contributed by atoms with Crippen LogP contribution in [0.5, 0.6) is 0 Å². The van der Waals surface area contributed by atoms with Crippen molar-refractivity contribution in [1.29, 1.82) is 5.26 Å². The van der Waals surface area contributed by atoms with E-state index >= 15 is 0 Å². The van der Waals surface area contributed by atoms with Gasteiger partial charge in [-0.15, -0.1) is 0 Å². The van der Waals surface area contributed by atoms with Crippen LogP contribution < -0.4 is 0 Å². The number of hydrogen-bond donors (Lipinski definition) is 0. The van der Waals surface area contributed by atoms with Crippen LogP contribution in [0.4, 0.5) is 0 Å². The van der Waals surface area contributed by atoms with Crippen molar-refractivity contribution in [1.82, 2.24) is 4.67 Å². The fourth-order valence-corrected chi connectivity index (χ4v) is 5.80. The van der Waals surface area contributed by atoms with Crippen molar-refractivity contribution in [3.63, 3.8) is 0 Å². The van der Waals surface area contributed by atoms with Crippen molar-refractivity contribution >= 4 is 25.0 Å². The van der Waals surface area contributed by atoms with Gasteiger partial charge in [0.2, 0.25) is 6.54 Å². The quantitative estimate of drug-likeness (QED) is 0.128. The average Bonchev–Trinajstić information content (AvgIpc) is 3.09. The minimum atomic E-state index is -1.67. The van der Waals surface area contributed by atoms with E-state index in [1.165, 1.54) is 0 Å². The second-order valence-corrected chi connectivity index (χ2v) is 10.3. The summed E-state index contributed by atoms with van der Waals surface area (Å²) in [5, 5.41) is 8.81. The van der Waals surface area contributed by atoms with Crippen molar-refractivity contribution in [3.8, 4) is 6.07 Å². The molecule has 180 valence electrons. The third kappa shape index (κ3) is 11.2. The highest BCUT2D eigenvalue weighted by atomic mass is 31.2. The molecule has 0 amide bonds. The molecular weight excluding hydrogens is 451 g/mol. The molecule has 9 nitrogen and oxygen atoms in total. The molecule has 0 saturated carbocycles. The van der Waals surface area contributed by atoms with Crippen molar-refractivity contribution in [2.45, 2.75) is 84.2 Å². The van der Waals surface area contributed by atoms with E-state index in [0.717, 1.165) is 6.42 Å². The first-order chi connectivity index (χ1) is 15.3. The molecule has 0 N–H and O–H groups in total. The maximum Gasteiger partial charge on any atom is 0.333 e. The fraction of sp³-hybridized carbons (Fsp3) is 0.900. The van der Waals surface area contributed by atoms with E-state index in [4.69, 9.17) is 47.0 Å². The van der Waals surface area contributed by atoms with Gasteiger partial charge in [-0.25, -0.2) is 11.2 Å². The van der Waals surface area contributed by atoms with E-state index < -0.39 is 17.1 Å². The first-order valence-corrected chi connectivity index (χ1v) is 13.2. The molecule has 0 bridgehead atoms. The maximum atomic E-state index is 8.81. The molecule has 1 rings (SSSR count). The fourth-order valence-electron chi connectivity index (χ4n) is 3.13. The largest absolute Gasteiger partial charge is 0.382 e. The highest BCUT2D eigenvalue weighted by Gasteiger charge is 2.35. The zero-order chi connectivity index (χ0) is 23.9. The molecule has 0 spiro atoms. The molecular formula is C20H36BN3O6P2. The lowest BCUT2D eigenvalue weighted by Gasteiger charge is -2.35. The van der Waals surface area contributed by atoms with Crippen LogP contribution in [0.3, 0.4) is 0 Å². The summed E-state index contributed by atoms with van der Waals surface area (Å²) in [6, 6.07) is 2.17. The molecule has 0 aromatic carbocycles. The SMILES string of the molecule is [B][C@H]1CC(OP(OCC[N+]#[C-])OCCOP(OCCC#N)N(C(C)C)C(C)C)[C@@H](CC)O1. The Kier molecular flexibility index (Phi) is 15.9. The van der Waals surface area contributed by atoms with Crippen LogP contribution in [0.1, 0.15) is 53.9 Å². The molecule has 0 aliphatic carbocycles. The summed E-state index contributed by atoms with van der Waals surface area (Å²) in [6.07, 6.45) is 1.34. The minimum Gasteiger partial charge on any atom is -0.382 e. The lowest BCUT2D eigenvalue weighted by molar-refractivity contribution is 0.0269. The van der Waals surface area contributed by atoms with Crippen LogP contribution in [0.25, 0.3) is 4.85 Å². The van der Waals surface area contributed by atoms with Crippen LogP contribution in [-0.2, 0) is 27.4 Å². The number of nitrogens with zero attached hydrogens (tertiary/aromatic N) is 3. The number of rotatable bonds is 17. The van der Waals surface area contributed by atoms with Crippen LogP contribution >= 0.6 is 17.1 Å². The van der Waals surface area contributed by atoms with Gasteiger partial charge in [0.15, 0.2) is 0 Å². The van der Waals surface area contributed by atoms with Gasteiger partial charge in [0, 0.05) is 18.1 Å². The second kappa shape index (κ2) is 17.1. The van der Waals surface area contributed by atoms with E-state index in [-0.39, 0.29) is 56.7 Å². The molecule has 1 heterocycles. The topological polar surface area (TPSA) is 86.8 Å². The molecule has 2 radical (unpaired) electrons. The van der Waals surface area contributed by atoms with Gasteiger partial charge in [0.05, 0.1) is 44.5 Å². The third-order valence-corrected chi connectivity index (χ3v) is 7.73. The Morgan fingerprint density at radius 3 is 2.34 bits per heavy atom. The van der Waals surface area contributed by atoms with Gasteiger partial charge in [0.1, 0.15) is 14.5 Å². The molecule has 0 aromatic rings. The number of nitriles is 1. The summed E-state index contributed by atoms with van der Waals surface area (Å²) in [7, 11) is 2.89. The summed E-state index contributed by atoms with van der Waals surface area (Å²) in [4.78, 5) is 3.30. The van der Waals surface area contributed by atoms with E-state index in [0.29, 0.717) is 19.4 Å². The van der Waals surface area contributed by atoms with E-state index in [9.17, 15) is 0 Å². The lowest BCUT2D eigenvalue weighted by atomic mass is 9.96. The molecule has 32 heavy (non-hydrogen) atoms. The second-order valence-electron chi connectivity index (χ2n) is 7.65. The molecule has 12 heteroatoms. The minimum absolute atomic E-state index is 0.105. The van der Waals surface area contributed by atoms with Crippen LogP contribution in [-0.4, -0.2) is 75.8 Å². The molecule has 0 aromatic heterocycles. The Labute approximate surface area is 197 Å². The van der Waals surface area contributed by atoms with E-state index in [1.54, 1.807) is 0 Å². The summed E-state index contributed by atoms with van der Waals surface area (Å²) >= 11 is 0. The molecule has 1 aliphatic rings. The van der Waals surface area contributed by atoms with Gasteiger partial charge in [-0.05, 0) is 40.5 Å². The Morgan fingerprint density at radius 1 is 1.12 bits per heavy atom. The van der Waals surface area contributed by atoms with Crippen LogP contribution in [0.15, 0.2) is 0 Å². The first-order valence-electron chi connectivity index (χ1n) is 11.0. The smallest absolute Gasteiger partial charge is 0.333 e. The summed E-state index contributed by atoms with van der Waals surface area (Å²) in [6.45, 7) is 18.6. The molecule has 3 unspecified atom stereocenters. The van der Waals surface area contributed by atoms with Gasteiger partial charge >= 0.3 is 8.60 Å². The van der Waals surface area contributed by atoms with Crippen molar-refractivity contribution in [3.05, 3.63) is 11.4 Å². The summed E-state index contributed by atoms with van der Waals surface area (Å²) < 4.78 is 37.2. The number of hydrogen-bond acceptors (Lipinski definition) is 8. The molecule has 1 fully saturated rings. The zero-order valence-electron chi connectivity index (χ0n) is 19.8. The Morgan fingerprint density at radius 2 is 1.75 bits per heavy atom. The summed E-state index contributed by atoms with van der Waals surface area (Å²) in [5.74, 6) is 0. The zero-order valence-corrected chi connectivity index (χ0v) is 21.6. The first kappa shape index (κ1) is 29.7. The van der Waals surface area contributed by atoms with Crippen molar-refractivity contribution < 1.29 is 27.4 Å². The van der Waals surface area contributed by atoms with Gasteiger partial charge in [-0.2, -0.15) is 5.26 Å². The van der Waals surface area contributed by atoms with E-state index in [1.807, 2.05) is 6.92 Å². The highest BCUT2D eigenvalue weighted by Crippen LogP contribution is 2.47. The Bertz CT molecular complexity index is 585.